The van der Waals surface area contributed by atoms with E-state index >= 15 is 0 Å². The summed E-state index contributed by atoms with van der Waals surface area (Å²) in [4.78, 5) is 0. The Kier molecular flexibility index (Phi) is 10.0. The van der Waals surface area contributed by atoms with E-state index in [1.807, 2.05) is 30.3 Å². The van der Waals surface area contributed by atoms with Gasteiger partial charge in [-0.15, -0.1) is 9.24 Å². The molecule has 0 aromatic heterocycles. The van der Waals surface area contributed by atoms with Crippen molar-refractivity contribution in [3.63, 3.8) is 0 Å². The summed E-state index contributed by atoms with van der Waals surface area (Å²) in [5, 5.41) is 1.24. The molecule has 180 valence electrons. The molecule has 1 atom stereocenters. The lowest BCUT2D eigenvalue weighted by molar-refractivity contribution is 1.62. The van der Waals surface area contributed by atoms with Crippen LogP contribution in [0.2, 0.25) is 0 Å². The van der Waals surface area contributed by atoms with Gasteiger partial charge in [-0.2, -0.15) is 0 Å². The van der Waals surface area contributed by atoms with Crippen LogP contribution < -0.4 is 5.30 Å². The molecule has 6 aromatic carbocycles. The molecule has 0 aliphatic rings. The average Bonchev–Trinajstić information content (AvgIpc) is 3.00. The van der Waals surface area contributed by atoms with Crippen LogP contribution in [0.1, 0.15) is 0 Å². The largest absolute Gasteiger partial charge is 0.105 e. The molecule has 0 saturated carbocycles. The molecule has 1 unspecified atom stereocenters. The molecule has 1 heteroatoms. The zero-order chi connectivity index (χ0) is 25.5. The molecule has 37 heavy (non-hydrogen) atoms. The summed E-state index contributed by atoms with van der Waals surface area (Å²) in [6, 6.07) is 60.3. The average molecular weight is 495 g/mol. The third kappa shape index (κ3) is 8.14. The molecule has 6 aromatic rings. The molecule has 0 radical (unpaired) electrons. The first-order chi connectivity index (χ1) is 18.3. The molecule has 0 heterocycles. The van der Waals surface area contributed by atoms with Crippen molar-refractivity contribution >= 4 is 14.5 Å². The summed E-state index contributed by atoms with van der Waals surface area (Å²) >= 11 is 0. The molecule has 0 aliphatic carbocycles. The van der Waals surface area contributed by atoms with Gasteiger partial charge in [-0.3, -0.25) is 0 Å². The van der Waals surface area contributed by atoms with Gasteiger partial charge in [-0.1, -0.05) is 176 Å². The quantitative estimate of drug-likeness (QED) is 0.215. The van der Waals surface area contributed by atoms with Crippen LogP contribution in [0, 0.1) is 0 Å². The van der Waals surface area contributed by atoms with Crippen molar-refractivity contribution in [2.75, 3.05) is 0 Å². The summed E-state index contributed by atoms with van der Waals surface area (Å²) < 4.78 is 0. The Morgan fingerprint density at radius 3 is 0.784 bits per heavy atom. The molecule has 0 nitrogen and oxygen atoms in total. The smallest absolute Gasteiger partial charge is 0.0112 e. The molecule has 0 aliphatic heterocycles. The van der Waals surface area contributed by atoms with E-state index in [0.717, 1.165) is 0 Å². The van der Waals surface area contributed by atoms with Crippen molar-refractivity contribution in [2.24, 2.45) is 0 Å². The molecule has 0 saturated heterocycles. The highest BCUT2D eigenvalue weighted by Gasteiger charge is 1.98. The second kappa shape index (κ2) is 14.3. The highest BCUT2D eigenvalue weighted by molar-refractivity contribution is 7.28. The highest BCUT2D eigenvalue weighted by atomic mass is 31.0. The Hall–Kier alpha value is -4.25. The van der Waals surface area contributed by atoms with Crippen molar-refractivity contribution in [3.8, 4) is 33.4 Å². The van der Waals surface area contributed by atoms with Crippen LogP contribution in [-0.2, 0) is 0 Å². The summed E-state index contributed by atoms with van der Waals surface area (Å²) in [6.07, 6.45) is 0. The predicted octanol–water partition coefficient (Wildman–Crippen LogP) is 9.56. The fraction of sp³-hybridized carbons (Fsp3) is 0. The zero-order valence-electron chi connectivity index (χ0n) is 20.8. The molecule has 0 amide bonds. The van der Waals surface area contributed by atoms with Crippen molar-refractivity contribution in [1.82, 2.24) is 0 Å². The third-order valence-corrected chi connectivity index (χ3v) is 6.31. The third-order valence-electron chi connectivity index (χ3n) is 5.81. The minimum absolute atomic E-state index is 1.24. The maximum absolute atomic E-state index is 2.76. The van der Waals surface area contributed by atoms with Crippen LogP contribution in [0.15, 0.2) is 176 Å². The first-order valence-electron chi connectivity index (χ1n) is 12.4. The van der Waals surface area contributed by atoms with Gasteiger partial charge in [0.1, 0.15) is 0 Å². The topological polar surface area (TPSA) is 0 Å². The van der Waals surface area contributed by atoms with Gasteiger partial charge in [0, 0.05) is 0 Å². The Labute approximate surface area is 223 Å². The van der Waals surface area contributed by atoms with Crippen LogP contribution in [0.5, 0.6) is 0 Å². The standard InChI is InChI=1S/C12H11P.2C12H10/c13-12-9-5-4-8-11(12)10-6-2-1-3-7-10;2*1-3-7-11(8-4-1)12-9-5-2-6-10-12/h1-9H,13H2;2*1-10H. The second-order valence-corrected chi connectivity index (χ2v) is 9.04. The van der Waals surface area contributed by atoms with E-state index in [2.05, 4.69) is 155 Å². The van der Waals surface area contributed by atoms with Crippen molar-refractivity contribution in [1.29, 1.82) is 0 Å². The fourth-order valence-electron chi connectivity index (χ4n) is 3.90. The summed E-state index contributed by atoms with van der Waals surface area (Å²) in [7, 11) is 2.76. The Bertz CT molecular complexity index is 1280. The number of benzene rings is 6. The van der Waals surface area contributed by atoms with Crippen molar-refractivity contribution in [2.45, 2.75) is 0 Å². The molecule has 0 spiro atoms. The van der Waals surface area contributed by atoms with Crippen LogP contribution in [0.3, 0.4) is 0 Å². The van der Waals surface area contributed by atoms with E-state index in [0.29, 0.717) is 0 Å². The number of hydrogen-bond donors (Lipinski definition) is 0. The second-order valence-electron chi connectivity index (χ2n) is 8.42. The predicted molar refractivity (Wildman–Crippen MR) is 165 cm³/mol. The summed E-state index contributed by atoms with van der Waals surface area (Å²) in [6.45, 7) is 0. The normalized spacial score (nSPS) is 9.76. The molecule has 0 fully saturated rings. The lowest BCUT2D eigenvalue weighted by Crippen LogP contribution is -1.94. The Morgan fingerprint density at radius 1 is 0.243 bits per heavy atom. The fourth-order valence-corrected chi connectivity index (χ4v) is 4.27. The molecular weight excluding hydrogens is 463 g/mol. The molecule has 0 bridgehead atoms. The van der Waals surface area contributed by atoms with E-state index in [1.54, 1.807) is 0 Å². The van der Waals surface area contributed by atoms with Gasteiger partial charge in [-0.05, 0) is 38.7 Å². The van der Waals surface area contributed by atoms with Crippen molar-refractivity contribution < 1.29 is 0 Å². The van der Waals surface area contributed by atoms with Gasteiger partial charge in [0.25, 0.3) is 0 Å². The van der Waals surface area contributed by atoms with Crippen LogP contribution >= 0.6 is 9.24 Å². The van der Waals surface area contributed by atoms with Gasteiger partial charge in [0.15, 0.2) is 0 Å². The minimum atomic E-state index is 1.24. The van der Waals surface area contributed by atoms with E-state index in [1.165, 1.54) is 38.7 Å². The maximum Gasteiger partial charge on any atom is -0.0112 e. The van der Waals surface area contributed by atoms with E-state index in [4.69, 9.17) is 0 Å². The molecule has 6 rings (SSSR count). The van der Waals surface area contributed by atoms with Crippen LogP contribution in [0.25, 0.3) is 33.4 Å². The van der Waals surface area contributed by atoms with Gasteiger partial charge in [0.05, 0.1) is 0 Å². The van der Waals surface area contributed by atoms with E-state index < -0.39 is 0 Å². The summed E-state index contributed by atoms with van der Waals surface area (Å²) in [5.41, 5.74) is 7.66. The number of hydrogen-bond acceptors (Lipinski definition) is 0. The SMILES string of the molecule is Pc1ccccc1-c1ccccc1.c1ccc(-c2ccccc2)cc1.c1ccc(-c2ccccc2)cc1. The molecular formula is C36H31P. The lowest BCUT2D eigenvalue weighted by atomic mass is 10.1. The van der Waals surface area contributed by atoms with E-state index in [-0.39, 0.29) is 0 Å². The van der Waals surface area contributed by atoms with Crippen LogP contribution in [-0.4, -0.2) is 0 Å². The Balaban J connectivity index is 0.000000130. The first-order valence-corrected chi connectivity index (χ1v) is 13.0. The lowest BCUT2D eigenvalue weighted by Gasteiger charge is -2.03. The monoisotopic (exact) mass is 494 g/mol. The van der Waals surface area contributed by atoms with Gasteiger partial charge in [0.2, 0.25) is 0 Å². The van der Waals surface area contributed by atoms with Gasteiger partial charge < -0.3 is 0 Å². The zero-order valence-corrected chi connectivity index (χ0v) is 22.0. The van der Waals surface area contributed by atoms with Crippen molar-refractivity contribution in [3.05, 3.63) is 176 Å². The minimum Gasteiger partial charge on any atom is -0.105 e. The summed E-state index contributed by atoms with van der Waals surface area (Å²) in [5.74, 6) is 0. The van der Waals surface area contributed by atoms with E-state index in [9.17, 15) is 0 Å². The molecule has 0 N–H and O–H groups in total. The van der Waals surface area contributed by atoms with Gasteiger partial charge >= 0.3 is 0 Å². The Morgan fingerprint density at radius 2 is 0.486 bits per heavy atom. The maximum atomic E-state index is 2.76. The first kappa shape index (κ1) is 25.8. The number of rotatable bonds is 3. The van der Waals surface area contributed by atoms with Crippen LogP contribution in [0.4, 0.5) is 0 Å². The highest BCUT2D eigenvalue weighted by Crippen LogP contribution is 2.19. The van der Waals surface area contributed by atoms with Gasteiger partial charge in [-0.25, -0.2) is 0 Å².